The van der Waals surface area contributed by atoms with Gasteiger partial charge in [-0.15, -0.1) is 0 Å². The number of allylic oxidation sites excluding steroid dienone is 2. The van der Waals surface area contributed by atoms with Crippen molar-refractivity contribution in [2.24, 2.45) is 0 Å². The van der Waals surface area contributed by atoms with Gasteiger partial charge in [0.2, 0.25) is 0 Å². The van der Waals surface area contributed by atoms with E-state index in [1.807, 2.05) is 36.4 Å². The standard InChI is InChI=1S/C17H16O4/c1-2-21-17(20)15(13-16(18)19)12-8-4-7-11-14-9-5-3-6-10-14/h3,5-7,9-12H,2,13H2,1H3,(H,18,19)/b11-7+,15-12+. The molecule has 0 unspecified atom stereocenters. The summed E-state index contributed by atoms with van der Waals surface area (Å²) in [5, 5.41) is 8.74. The number of benzene rings is 1. The summed E-state index contributed by atoms with van der Waals surface area (Å²) in [5.41, 5.74) is 1.04. The number of carboxylic acid groups (broad SMARTS) is 1. The van der Waals surface area contributed by atoms with Crippen molar-refractivity contribution in [2.75, 3.05) is 6.61 Å². The first-order valence-corrected chi connectivity index (χ1v) is 6.44. The average Bonchev–Trinajstić information content (AvgIpc) is 2.46. The van der Waals surface area contributed by atoms with Gasteiger partial charge in [-0.1, -0.05) is 42.2 Å². The largest absolute Gasteiger partial charge is 0.481 e. The maximum atomic E-state index is 11.5. The van der Waals surface area contributed by atoms with E-state index in [4.69, 9.17) is 9.84 Å². The van der Waals surface area contributed by atoms with Crippen LogP contribution in [0.25, 0.3) is 6.08 Å². The topological polar surface area (TPSA) is 63.6 Å². The number of hydrogen-bond donors (Lipinski definition) is 1. The monoisotopic (exact) mass is 284 g/mol. The Kier molecular flexibility index (Phi) is 7.09. The smallest absolute Gasteiger partial charge is 0.335 e. The predicted molar refractivity (Wildman–Crippen MR) is 80.2 cm³/mol. The molecule has 0 aliphatic carbocycles. The summed E-state index contributed by atoms with van der Waals surface area (Å²) in [6, 6.07) is 9.62. The summed E-state index contributed by atoms with van der Waals surface area (Å²) in [6.07, 6.45) is 4.33. The molecule has 0 amide bonds. The van der Waals surface area contributed by atoms with E-state index >= 15 is 0 Å². The fourth-order valence-corrected chi connectivity index (χ4v) is 1.45. The molecular weight excluding hydrogens is 268 g/mol. The highest BCUT2D eigenvalue weighted by Gasteiger charge is 2.13. The highest BCUT2D eigenvalue weighted by molar-refractivity contribution is 5.94. The molecule has 0 fully saturated rings. The zero-order valence-corrected chi connectivity index (χ0v) is 11.7. The molecular formula is C17H16O4. The molecule has 0 atom stereocenters. The van der Waals surface area contributed by atoms with Gasteiger partial charge in [-0.3, -0.25) is 4.79 Å². The van der Waals surface area contributed by atoms with Crippen molar-refractivity contribution in [2.45, 2.75) is 13.3 Å². The SMILES string of the molecule is CCOC(=O)/C(=C/C#C/C=C/c1ccccc1)CC(=O)O. The Hall–Kier alpha value is -2.80. The Morgan fingerprint density at radius 1 is 1.24 bits per heavy atom. The van der Waals surface area contributed by atoms with Crippen molar-refractivity contribution < 1.29 is 19.4 Å². The molecule has 0 aromatic heterocycles. The molecule has 4 nitrogen and oxygen atoms in total. The Morgan fingerprint density at radius 3 is 2.57 bits per heavy atom. The minimum atomic E-state index is -1.10. The first-order valence-electron chi connectivity index (χ1n) is 6.44. The fraction of sp³-hybridized carbons (Fsp3) is 0.176. The van der Waals surface area contributed by atoms with Crippen molar-refractivity contribution in [3.63, 3.8) is 0 Å². The van der Waals surface area contributed by atoms with Crippen molar-refractivity contribution in [3.8, 4) is 11.8 Å². The molecule has 21 heavy (non-hydrogen) atoms. The molecule has 1 rings (SSSR count). The van der Waals surface area contributed by atoms with Gasteiger partial charge < -0.3 is 9.84 Å². The van der Waals surface area contributed by atoms with Crippen LogP contribution < -0.4 is 0 Å². The zero-order chi connectivity index (χ0) is 15.5. The summed E-state index contributed by atoms with van der Waals surface area (Å²) in [7, 11) is 0. The van der Waals surface area contributed by atoms with E-state index in [1.165, 1.54) is 6.08 Å². The number of carbonyl (C=O) groups is 2. The summed E-state index contributed by atoms with van der Waals surface area (Å²) in [4.78, 5) is 22.2. The lowest BCUT2D eigenvalue weighted by Crippen LogP contribution is -2.11. The molecule has 0 heterocycles. The first-order chi connectivity index (χ1) is 10.1. The predicted octanol–water partition coefficient (Wildman–Crippen LogP) is 2.67. The second-order valence-electron chi connectivity index (χ2n) is 3.99. The number of carbonyl (C=O) groups excluding carboxylic acids is 1. The van der Waals surface area contributed by atoms with Gasteiger partial charge in [0.05, 0.1) is 18.6 Å². The number of carboxylic acids is 1. The third-order valence-electron chi connectivity index (χ3n) is 2.37. The third kappa shape index (κ3) is 6.79. The van der Waals surface area contributed by atoms with Gasteiger partial charge in [-0.05, 0) is 30.7 Å². The van der Waals surface area contributed by atoms with Gasteiger partial charge in [0.25, 0.3) is 0 Å². The summed E-state index contributed by atoms with van der Waals surface area (Å²) < 4.78 is 4.77. The second kappa shape index (κ2) is 9.16. The number of ether oxygens (including phenoxy) is 1. The lowest BCUT2D eigenvalue weighted by Gasteiger charge is -2.02. The van der Waals surface area contributed by atoms with Crippen molar-refractivity contribution in [1.29, 1.82) is 0 Å². The van der Waals surface area contributed by atoms with Gasteiger partial charge >= 0.3 is 11.9 Å². The van der Waals surface area contributed by atoms with Gasteiger partial charge in [0, 0.05) is 0 Å². The molecule has 4 heteroatoms. The van der Waals surface area contributed by atoms with Crippen LogP contribution in [-0.2, 0) is 14.3 Å². The molecule has 0 aliphatic heterocycles. The zero-order valence-electron chi connectivity index (χ0n) is 11.7. The molecule has 0 saturated carbocycles. The number of rotatable bonds is 5. The maximum absolute atomic E-state index is 11.5. The summed E-state index contributed by atoms with van der Waals surface area (Å²) in [5.74, 6) is 3.61. The molecule has 0 radical (unpaired) electrons. The van der Waals surface area contributed by atoms with Crippen LogP contribution in [0.1, 0.15) is 18.9 Å². The molecule has 1 N–H and O–H groups in total. The van der Waals surface area contributed by atoms with Crippen LogP contribution in [0.15, 0.2) is 48.1 Å². The summed E-state index contributed by atoms with van der Waals surface area (Å²) >= 11 is 0. The van der Waals surface area contributed by atoms with E-state index in [2.05, 4.69) is 11.8 Å². The van der Waals surface area contributed by atoms with Crippen LogP contribution in [0.3, 0.4) is 0 Å². The molecule has 108 valence electrons. The molecule has 0 saturated heterocycles. The van der Waals surface area contributed by atoms with E-state index in [1.54, 1.807) is 13.0 Å². The van der Waals surface area contributed by atoms with E-state index in [0.717, 1.165) is 5.56 Å². The normalized spacial score (nSPS) is 10.8. The van der Waals surface area contributed by atoms with Crippen LogP contribution in [0.2, 0.25) is 0 Å². The van der Waals surface area contributed by atoms with Crippen molar-refractivity contribution >= 4 is 18.0 Å². The maximum Gasteiger partial charge on any atom is 0.335 e. The fourth-order valence-electron chi connectivity index (χ4n) is 1.45. The lowest BCUT2D eigenvalue weighted by atomic mass is 10.2. The number of esters is 1. The van der Waals surface area contributed by atoms with Gasteiger partial charge in [-0.2, -0.15) is 0 Å². The average molecular weight is 284 g/mol. The van der Waals surface area contributed by atoms with Gasteiger partial charge in [-0.25, -0.2) is 4.79 Å². The minimum absolute atomic E-state index is 0.0324. The Bertz CT molecular complexity index is 601. The number of hydrogen-bond acceptors (Lipinski definition) is 3. The molecule has 1 aromatic carbocycles. The minimum Gasteiger partial charge on any atom is -0.481 e. The van der Waals surface area contributed by atoms with E-state index < -0.39 is 18.4 Å². The highest BCUT2D eigenvalue weighted by Crippen LogP contribution is 2.04. The van der Waals surface area contributed by atoms with Crippen LogP contribution in [0.4, 0.5) is 0 Å². The van der Waals surface area contributed by atoms with Crippen LogP contribution in [0.5, 0.6) is 0 Å². The van der Waals surface area contributed by atoms with E-state index in [0.29, 0.717) is 0 Å². The molecule has 0 spiro atoms. The quantitative estimate of drug-likeness (QED) is 0.513. The highest BCUT2D eigenvalue weighted by atomic mass is 16.5. The Morgan fingerprint density at radius 2 is 1.95 bits per heavy atom. The summed E-state index contributed by atoms with van der Waals surface area (Å²) in [6.45, 7) is 1.85. The van der Waals surface area contributed by atoms with Crippen LogP contribution >= 0.6 is 0 Å². The Labute approximate surface area is 123 Å². The van der Waals surface area contributed by atoms with Gasteiger partial charge in [0.15, 0.2) is 0 Å². The van der Waals surface area contributed by atoms with Crippen LogP contribution in [-0.4, -0.2) is 23.7 Å². The van der Waals surface area contributed by atoms with Crippen molar-refractivity contribution in [3.05, 3.63) is 53.6 Å². The third-order valence-corrected chi connectivity index (χ3v) is 2.37. The lowest BCUT2D eigenvalue weighted by molar-refractivity contribution is -0.142. The van der Waals surface area contributed by atoms with Crippen LogP contribution in [0, 0.1) is 11.8 Å². The molecule has 1 aromatic rings. The number of aliphatic carboxylic acids is 1. The van der Waals surface area contributed by atoms with Gasteiger partial charge in [0.1, 0.15) is 0 Å². The van der Waals surface area contributed by atoms with Crippen molar-refractivity contribution in [1.82, 2.24) is 0 Å². The first kappa shape index (κ1) is 16.3. The second-order valence-corrected chi connectivity index (χ2v) is 3.99. The molecule has 0 aliphatic rings. The Balaban J connectivity index is 2.74. The van der Waals surface area contributed by atoms with E-state index in [9.17, 15) is 9.59 Å². The van der Waals surface area contributed by atoms with E-state index in [-0.39, 0.29) is 12.2 Å². The molecule has 0 bridgehead atoms.